The second-order valence-corrected chi connectivity index (χ2v) is 5.49. The average Bonchev–Trinajstić information content (AvgIpc) is 2.65. The maximum atomic E-state index is 12.8. The molecule has 0 unspecified atom stereocenters. The first-order valence-electron chi connectivity index (χ1n) is 7.71. The molecule has 134 valence electrons. The fraction of sp³-hybridized carbons (Fsp3) is 0.0526. The second kappa shape index (κ2) is 9.95. The molecular formula is C19H18FN3O2S. The number of ether oxygens (including phenoxy) is 1. The van der Waals surface area contributed by atoms with Crippen molar-refractivity contribution in [3.8, 4) is 5.75 Å². The maximum Gasteiger partial charge on any atom is 0.262 e. The molecule has 2 aromatic rings. The van der Waals surface area contributed by atoms with Crippen molar-refractivity contribution in [2.45, 2.75) is 0 Å². The van der Waals surface area contributed by atoms with Gasteiger partial charge in [0, 0.05) is 11.8 Å². The van der Waals surface area contributed by atoms with Crippen LogP contribution in [-0.2, 0) is 4.79 Å². The Labute approximate surface area is 156 Å². The monoisotopic (exact) mass is 371 g/mol. The highest BCUT2D eigenvalue weighted by Gasteiger charge is 2.00. The summed E-state index contributed by atoms with van der Waals surface area (Å²) in [7, 11) is 0. The van der Waals surface area contributed by atoms with E-state index in [4.69, 9.17) is 17.0 Å². The zero-order chi connectivity index (χ0) is 18.8. The van der Waals surface area contributed by atoms with Crippen LogP contribution in [0.25, 0.3) is 6.08 Å². The lowest BCUT2D eigenvalue weighted by molar-refractivity contribution is -0.116. The van der Waals surface area contributed by atoms with Crippen LogP contribution < -0.4 is 20.9 Å². The quantitative estimate of drug-likeness (QED) is 0.314. The van der Waals surface area contributed by atoms with Gasteiger partial charge in [-0.1, -0.05) is 24.8 Å². The van der Waals surface area contributed by atoms with Crippen molar-refractivity contribution >= 4 is 35.0 Å². The van der Waals surface area contributed by atoms with E-state index in [9.17, 15) is 9.18 Å². The van der Waals surface area contributed by atoms with E-state index in [0.29, 0.717) is 12.3 Å². The van der Waals surface area contributed by atoms with Gasteiger partial charge < -0.3 is 10.1 Å². The molecule has 26 heavy (non-hydrogen) atoms. The van der Waals surface area contributed by atoms with E-state index in [-0.39, 0.29) is 16.8 Å². The molecule has 1 amide bonds. The number of nitrogens with one attached hydrogen (secondary N) is 3. The van der Waals surface area contributed by atoms with Gasteiger partial charge in [0.2, 0.25) is 0 Å². The highest BCUT2D eigenvalue weighted by atomic mass is 32.1. The van der Waals surface area contributed by atoms with Gasteiger partial charge in [0.25, 0.3) is 5.91 Å². The fourth-order valence-electron chi connectivity index (χ4n) is 1.86. The number of hydrogen-bond donors (Lipinski definition) is 3. The summed E-state index contributed by atoms with van der Waals surface area (Å²) in [6, 6.07) is 13.0. The largest absolute Gasteiger partial charge is 0.490 e. The number of halogens is 1. The minimum atomic E-state index is -0.375. The highest BCUT2D eigenvalue weighted by Crippen LogP contribution is 2.13. The van der Waals surface area contributed by atoms with E-state index in [1.807, 2.05) is 12.1 Å². The molecule has 0 heterocycles. The average molecular weight is 371 g/mol. The molecule has 0 aromatic heterocycles. The summed E-state index contributed by atoms with van der Waals surface area (Å²) >= 11 is 5.04. The van der Waals surface area contributed by atoms with Crippen molar-refractivity contribution in [3.63, 3.8) is 0 Å². The molecule has 3 N–H and O–H groups in total. The Hall–Kier alpha value is -3.19. The first kappa shape index (κ1) is 19.1. The number of carbonyl (C=O) groups is 1. The molecule has 0 atom stereocenters. The number of anilines is 1. The van der Waals surface area contributed by atoms with Crippen molar-refractivity contribution in [3.05, 3.63) is 78.6 Å². The molecule has 2 aromatic carbocycles. The second-order valence-electron chi connectivity index (χ2n) is 5.08. The molecule has 0 radical (unpaired) electrons. The van der Waals surface area contributed by atoms with Gasteiger partial charge >= 0.3 is 0 Å². The first-order valence-corrected chi connectivity index (χ1v) is 8.12. The van der Waals surface area contributed by atoms with Crippen LogP contribution in [0, 0.1) is 5.82 Å². The zero-order valence-electron chi connectivity index (χ0n) is 13.9. The molecule has 5 nitrogen and oxygen atoms in total. The van der Waals surface area contributed by atoms with Crippen molar-refractivity contribution in [2.75, 3.05) is 11.9 Å². The van der Waals surface area contributed by atoms with Gasteiger partial charge in [-0.2, -0.15) is 0 Å². The van der Waals surface area contributed by atoms with Crippen LogP contribution in [0.2, 0.25) is 0 Å². The number of benzene rings is 2. The number of amides is 1. The molecule has 0 saturated heterocycles. The summed E-state index contributed by atoms with van der Waals surface area (Å²) in [6.07, 6.45) is 4.69. The van der Waals surface area contributed by atoms with E-state index in [1.54, 1.807) is 24.3 Å². The van der Waals surface area contributed by atoms with Crippen LogP contribution in [0.5, 0.6) is 5.75 Å². The Bertz CT molecular complexity index is 789. The number of hydrogen-bond acceptors (Lipinski definition) is 3. The molecule has 0 saturated carbocycles. The summed E-state index contributed by atoms with van der Waals surface area (Å²) in [5, 5.41) is 3.00. The summed E-state index contributed by atoms with van der Waals surface area (Å²) in [5.74, 6) is 0.0128. The summed E-state index contributed by atoms with van der Waals surface area (Å²) < 4.78 is 18.2. The standard InChI is InChI=1S/C19H18FN3O2S/c1-2-13-25-17-10-3-14(4-11-17)5-12-18(24)22-23-19(26)21-16-8-6-15(20)7-9-16/h2-12H,1,13H2,(H,22,24)(H2,21,23,26)/b12-5+. The van der Waals surface area contributed by atoms with Crippen molar-refractivity contribution in [1.29, 1.82) is 0 Å². The molecule has 0 aliphatic rings. The van der Waals surface area contributed by atoms with E-state index in [1.165, 1.54) is 30.3 Å². The van der Waals surface area contributed by atoms with Crippen LogP contribution in [-0.4, -0.2) is 17.6 Å². The normalized spacial score (nSPS) is 10.2. The predicted molar refractivity (Wildman–Crippen MR) is 105 cm³/mol. The number of thiocarbonyl (C=S) groups is 1. The van der Waals surface area contributed by atoms with Crippen LogP contribution in [0.1, 0.15) is 5.56 Å². The molecular weight excluding hydrogens is 353 g/mol. The molecule has 0 aliphatic heterocycles. The summed E-state index contributed by atoms with van der Waals surface area (Å²) in [5.41, 5.74) is 6.44. The van der Waals surface area contributed by atoms with E-state index < -0.39 is 0 Å². The Morgan fingerprint density at radius 2 is 1.81 bits per heavy atom. The van der Waals surface area contributed by atoms with E-state index in [0.717, 1.165) is 11.3 Å². The minimum absolute atomic E-state index is 0.182. The lowest BCUT2D eigenvalue weighted by Crippen LogP contribution is -2.43. The molecule has 0 spiro atoms. The Balaban J connectivity index is 1.76. The van der Waals surface area contributed by atoms with E-state index in [2.05, 4.69) is 22.7 Å². The fourth-order valence-corrected chi connectivity index (χ4v) is 2.03. The van der Waals surface area contributed by atoms with Gasteiger partial charge in [-0.3, -0.25) is 15.6 Å². The Kier molecular flexibility index (Phi) is 7.32. The maximum absolute atomic E-state index is 12.8. The highest BCUT2D eigenvalue weighted by molar-refractivity contribution is 7.80. The van der Waals surface area contributed by atoms with Crippen LogP contribution in [0.3, 0.4) is 0 Å². The third-order valence-corrected chi connectivity index (χ3v) is 3.28. The summed E-state index contributed by atoms with van der Waals surface area (Å²) in [6.45, 7) is 4.02. The predicted octanol–water partition coefficient (Wildman–Crippen LogP) is 3.42. The van der Waals surface area contributed by atoms with Crippen LogP contribution in [0.4, 0.5) is 10.1 Å². The van der Waals surface area contributed by atoms with Crippen molar-refractivity contribution < 1.29 is 13.9 Å². The van der Waals surface area contributed by atoms with Crippen LogP contribution in [0.15, 0.2) is 67.3 Å². The molecule has 0 fully saturated rings. The lowest BCUT2D eigenvalue weighted by Gasteiger charge is -2.10. The Morgan fingerprint density at radius 3 is 2.46 bits per heavy atom. The molecule has 0 aliphatic carbocycles. The van der Waals surface area contributed by atoms with Gasteiger partial charge in [0.05, 0.1) is 0 Å². The third-order valence-electron chi connectivity index (χ3n) is 3.08. The van der Waals surface area contributed by atoms with Gasteiger partial charge in [0.15, 0.2) is 5.11 Å². The smallest absolute Gasteiger partial charge is 0.262 e. The topological polar surface area (TPSA) is 62.4 Å². The van der Waals surface area contributed by atoms with Gasteiger partial charge in [-0.05, 0) is 60.3 Å². The summed E-state index contributed by atoms with van der Waals surface area (Å²) in [4.78, 5) is 11.8. The SMILES string of the molecule is C=CCOc1ccc(/C=C/C(=O)NNC(=S)Nc2ccc(F)cc2)cc1. The molecule has 7 heteroatoms. The Morgan fingerprint density at radius 1 is 1.12 bits per heavy atom. The van der Waals surface area contributed by atoms with Crippen LogP contribution >= 0.6 is 12.2 Å². The lowest BCUT2D eigenvalue weighted by atomic mass is 10.2. The third kappa shape index (κ3) is 6.74. The number of carbonyl (C=O) groups excluding carboxylic acids is 1. The van der Waals surface area contributed by atoms with Gasteiger partial charge in [0.1, 0.15) is 18.2 Å². The van der Waals surface area contributed by atoms with Gasteiger partial charge in [-0.15, -0.1) is 0 Å². The first-order chi connectivity index (χ1) is 12.6. The number of hydrazine groups is 1. The van der Waals surface area contributed by atoms with Crippen molar-refractivity contribution in [1.82, 2.24) is 10.9 Å². The zero-order valence-corrected chi connectivity index (χ0v) is 14.7. The van der Waals surface area contributed by atoms with Gasteiger partial charge in [-0.25, -0.2) is 4.39 Å². The molecule has 2 rings (SSSR count). The van der Waals surface area contributed by atoms with Crippen molar-refractivity contribution in [2.24, 2.45) is 0 Å². The number of rotatable bonds is 6. The minimum Gasteiger partial charge on any atom is -0.490 e. The van der Waals surface area contributed by atoms with E-state index >= 15 is 0 Å². The molecule has 0 bridgehead atoms.